The summed E-state index contributed by atoms with van der Waals surface area (Å²) in [5.74, 6) is -0.917. The third-order valence-electron chi connectivity index (χ3n) is 6.98. The molecule has 2 amide bonds. The lowest BCUT2D eigenvalue weighted by Crippen LogP contribution is -2.52. The van der Waals surface area contributed by atoms with Gasteiger partial charge < -0.3 is 33.7 Å². The van der Waals surface area contributed by atoms with E-state index in [9.17, 15) is 19.6 Å². The highest BCUT2D eigenvalue weighted by atomic mass is 32.1. The summed E-state index contributed by atoms with van der Waals surface area (Å²) in [6.45, 7) is 6.99. The molecule has 3 aromatic rings. The molecular weight excluding hydrogens is 588 g/mol. The van der Waals surface area contributed by atoms with Crippen molar-refractivity contribution in [2.24, 2.45) is 0 Å². The van der Waals surface area contributed by atoms with Gasteiger partial charge in [0.1, 0.15) is 16.7 Å². The standard InChI is InChI=1S/C30H40N6O7S/c1-30(2,3)43-28(38)35-10-9-21(40-6)18-41-25(17-35)26(37)33-20(15-31)14-22-16-32-27(44-22)19-7-8-24-23(13-19)36(29(39)42-24)12-11-34(4)5/h7-8,13,16,20-21,25H,9-12,14,17-18H2,1-6H3,(H,33,37)/t20?,21-,25+/m1/s1. The maximum atomic E-state index is 13.3. The summed E-state index contributed by atoms with van der Waals surface area (Å²) in [6, 6.07) is 6.75. The Morgan fingerprint density at radius 2 is 2.09 bits per heavy atom. The number of aromatic nitrogens is 2. The number of thiazole rings is 1. The van der Waals surface area contributed by atoms with Crippen LogP contribution in [0.5, 0.6) is 0 Å². The molecule has 1 aliphatic rings. The molecule has 0 radical (unpaired) electrons. The van der Waals surface area contributed by atoms with E-state index in [2.05, 4.69) is 16.4 Å². The number of methoxy groups -OCH3 is 1. The van der Waals surface area contributed by atoms with Crippen LogP contribution in [-0.2, 0) is 32.0 Å². The molecule has 0 bridgehead atoms. The SMILES string of the molecule is CO[C@@H]1CCN(C(=O)OC(C)(C)C)C[C@@H](C(=O)NC(C#N)Cc2cnc(-c3ccc4oc(=O)n(CCN(C)C)c4c3)s2)OC1. The fraction of sp³-hybridized carbons (Fsp3) is 0.567. The molecule has 1 fully saturated rings. The minimum Gasteiger partial charge on any atom is -0.444 e. The van der Waals surface area contributed by atoms with E-state index in [1.54, 1.807) is 44.7 Å². The first-order chi connectivity index (χ1) is 20.9. The van der Waals surface area contributed by atoms with Gasteiger partial charge in [0.05, 0.1) is 30.8 Å². The molecule has 44 heavy (non-hydrogen) atoms. The summed E-state index contributed by atoms with van der Waals surface area (Å²) in [4.78, 5) is 47.3. The van der Waals surface area contributed by atoms with Crippen molar-refractivity contribution < 1.29 is 28.2 Å². The first-order valence-electron chi connectivity index (χ1n) is 14.4. The van der Waals surface area contributed by atoms with E-state index >= 15 is 0 Å². The molecule has 238 valence electrons. The Morgan fingerprint density at radius 1 is 1.32 bits per heavy atom. The lowest BCUT2D eigenvalue weighted by atomic mass is 10.1. The van der Waals surface area contributed by atoms with Gasteiger partial charge in [0.25, 0.3) is 5.91 Å². The largest absolute Gasteiger partial charge is 0.444 e. The molecule has 0 aliphatic carbocycles. The number of nitrogens with zero attached hydrogens (tertiary/aromatic N) is 5. The topological polar surface area (TPSA) is 152 Å². The highest BCUT2D eigenvalue weighted by molar-refractivity contribution is 7.15. The van der Waals surface area contributed by atoms with Crippen LogP contribution in [0.4, 0.5) is 4.79 Å². The van der Waals surface area contributed by atoms with Gasteiger partial charge in [-0.2, -0.15) is 5.26 Å². The van der Waals surface area contributed by atoms with Crippen molar-refractivity contribution in [3.8, 4) is 16.6 Å². The van der Waals surface area contributed by atoms with Gasteiger partial charge in [0.2, 0.25) is 0 Å². The summed E-state index contributed by atoms with van der Waals surface area (Å²) in [5.41, 5.74) is 1.29. The molecule has 13 nitrogen and oxygen atoms in total. The quantitative estimate of drug-likeness (QED) is 0.374. The second-order valence-corrected chi connectivity index (χ2v) is 13.0. The minimum absolute atomic E-state index is 0.0177. The van der Waals surface area contributed by atoms with Crippen molar-refractivity contribution in [1.29, 1.82) is 5.26 Å². The zero-order chi connectivity index (χ0) is 32.0. The van der Waals surface area contributed by atoms with Crippen molar-refractivity contribution >= 4 is 34.4 Å². The number of amides is 2. The highest BCUT2D eigenvalue weighted by Crippen LogP contribution is 2.29. The Balaban J connectivity index is 1.45. The molecule has 3 heterocycles. The summed E-state index contributed by atoms with van der Waals surface area (Å²) in [6.07, 6.45) is 0.565. The molecule has 1 N–H and O–H groups in total. The van der Waals surface area contributed by atoms with Gasteiger partial charge in [-0.1, -0.05) is 0 Å². The van der Waals surface area contributed by atoms with Crippen molar-refractivity contribution in [1.82, 2.24) is 24.7 Å². The molecule has 0 spiro atoms. The van der Waals surface area contributed by atoms with Gasteiger partial charge in [0.15, 0.2) is 11.7 Å². The number of hydrogen-bond donors (Lipinski definition) is 1. The molecule has 1 aromatic carbocycles. The monoisotopic (exact) mass is 628 g/mol. The maximum absolute atomic E-state index is 13.3. The van der Waals surface area contributed by atoms with Crippen LogP contribution < -0.4 is 11.1 Å². The average molecular weight is 629 g/mol. The number of ether oxygens (including phenoxy) is 3. The Bertz CT molecular complexity index is 1550. The zero-order valence-corrected chi connectivity index (χ0v) is 26.8. The van der Waals surface area contributed by atoms with Crippen LogP contribution in [0.1, 0.15) is 32.1 Å². The molecule has 1 unspecified atom stereocenters. The molecule has 2 aromatic heterocycles. The highest BCUT2D eigenvalue weighted by Gasteiger charge is 2.32. The van der Waals surface area contributed by atoms with Crippen LogP contribution in [0, 0.1) is 11.3 Å². The van der Waals surface area contributed by atoms with Crippen LogP contribution in [0.2, 0.25) is 0 Å². The molecule has 0 saturated carbocycles. The first kappa shape index (κ1) is 33.1. The third kappa shape index (κ3) is 8.66. The predicted octanol–water partition coefficient (Wildman–Crippen LogP) is 2.87. The molecule has 3 atom stereocenters. The second-order valence-electron chi connectivity index (χ2n) is 11.9. The van der Waals surface area contributed by atoms with Crippen molar-refractivity contribution in [2.45, 2.75) is 64.0 Å². The van der Waals surface area contributed by atoms with Gasteiger partial charge in [0, 0.05) is 49.8 Å². The predicted molar refractivity (Wildman–Crippen MR) is 164 cm³/mol. The number of carbonyl (C=O) groups excluding carboxylic acids is 2. The van der Waals surface area contributed by atoms with Crippen LogP contribution >= 0.6 is 11.3 Å². The van der Waals surface area contributed by atoms with E-state index in [0.717, 1.165) is 10.4 Å². The number of nitriles is 1. The fourth-order valence-corrected chi connectivity index (χ4v) is 5.58. The Kier molecular flexibility index (Phi) is 10.8. The number of likely N-dealkylation sites (N-methyl/N-ethyl adjacent to an activating group) is 1. The minimum atomic E-state index is -1.01. The van der Waals surface area contributed by atoms with Crippen LogP contribution in [0.3, 0.4) is 0 Å². The van der Waals surface area contributed by atoms with Gasteiger partial charge >= 0.3 is 11.8 Å². The van der Waals surface area contributed by atoms with E-state index in [1.165, 1.54) is 16.2 Å². The van der Waals surface area contributed by atoms with Crippen molar-refractivity contribution in [3.63, 3.8) is 0 Å². The lowest BCUT2D eigenvalue weighted by molar-refractivity contribution is -0.139. The zero-order valence-electron chi connectivity index (χ0n) is 26.0. The number of carbonyl (C=O) groups is 2. The second kappa shape index (κ2) is 14.3. The number of fused-ring (bicyclic) bond motifs is 1. The number of rotatable bonds is 9. The first-order valence-corrected chi connectivity index (χ1v) is 15.2. The lowest BCUT2D eigenvalue weighted by Gasteiger charge is -2.33. The van der Waals surface area contributed by atoms with Gasteiger partial charge in [-0.3, -0.25) is 9.36 Å². The van der Waals surface area contributed by atoms with E-state index in [1.807, 2.05) is 31.1 Å². The molecule has 1 aliphatic heterocycles. The Morgan fingerprint density at radius 3 is 2.77 bits per heavy atom. The van der Waals surface area contributed by atoms with E-state index < -0.39 is 35.5 Å². The molecule has 1 saturated heterocycles. The number of nitrogens with one attached hydrogen (secondary N) is 1. The summed E-state index contributed by atoms with van der Waals surface area (Å²) >= 11 is 1.39. The third-order valence-corrected chi connectivity index (χ3v) is 8.05. The summed E-state index contributed by atoms with van der Waals surface area (Å²) in [7, 11) is 5.43. The molecule has 4 rings (SSSR count). The summed E-state index contributed by atoms with van der Waals surface area (Å²) in [5, 5.41) is 13.3. The summed E-state index contributed by atoms with van der Waals surface area (Å²) < 4.78 is 23.8. The Labute approximate surface area is 260 Å². The number of oxazole rings is 1. The van der Waals surface area contributed by atoms with Gasteiger partial charge in [-0.05, 0) is 59.5 Å². The van der Waals surface area contributed by atoms with E-state index in [-0.39, 0.29) is 25.7 Å². The fourth-order valence-electron chi connectivity index (χ4n) is 4.62. The van der Waals surface area contributed by atoms with E-state index in [4.69, 9.17) is 18.6 Å². The van der Waals surface area contributed by atoms with Crippen LogP contribution in [0.25, 0.3) is 21.7 Å². The maximum Gasteiger partial charge on any atom is 0.419 e. The van der Waals surface area contributed by atoms with Gasteiger partial charge in [-0.25, -0.2) is 14.6 Å². The van der Waals surface area contributed by atoms with Gasteiger partial charge in [-0.15, -0.1) is 11.3 Å². The number of hydrogen-bond acceptors (Lipinski definition) is 11. The van der Waals surface area contributed by atoms with Crippen molar-refractivity contribution in [3.05, 3.63) is 39.8 Å². The van der Waals surface area contributed by atoms with E-state index in [0.29, 0.717) is 42.2 Å². The normalized spacial score (nSPS) is 18.5. The molecular formula is C30H40N6O7S. The van der Waals surface area contributed by atoms with Crippen LogP contribution in [0.15, 0.2) is 33.6 Å². The number of benzene rings is 1. The van der Waals surface area contributed by atoms with Crippen molar-refractivity contribution in [2.75, 3.05) is 47.4 Å². The molecule has 14 heteroatoms. The average Bonchev–Trinajstić information content (AvgIpc) is 3.53. The van der Waals surface area contributed by atoms with Crippen LogP contribution in [-0.4, -0.2) is 103 Å². The Hall–Kier alpha value is -3.77. The smallest absolute Gasteiger partial charge is 0.419 e.